The van der Waals surface area contributed by atoms with Crippen LogP contribution in [0.15, 0.2) is 87.8 Å². The molecule has 0 bridgehead atoms. The number of non-ortho nitro benzene ring substituents is 1. The van der Waals surface area contributed by atoms with Crippen molar-refractivity contribution in [1.29, 1.82) is 0 Å². The maximum absolute atomic E-state index is 14.0. The zero-order valence-corrected chi connectivity index (χ0v) is 28.0. The molecule has 2 heterocycles. The molecule has 5 rings (SSSR count). The second-order valence-electron chi connectivity index (χ2n) is 10.4. The minimum Gasteiger partial charge on any atom is -0.491 e. The Morgan fingerprint density at radius 3 is 2.53 bits per heavy atom. The van der Waals surface area contributed by atoms with Crippen LogP contribution in [0.5, 0.6) is 11.5 Å². The van der Waals surface area contributed by atoms with Gasteiger partial charge in [-0.2, -0.15) is 0 Å². The number of fused-ring (bicyclic) bond motifs is 1. The van der Waals surface area contributed by atoms with Crippen LogP contribution in [0.3, 0.4) is 0 Å². The Kier molecular flexibility index (Phi) is 9.83. The average Bonchev–Trinajstić information content (AvgIpc) is 3.30. The van der Waals surface area contributed by atoms with Crippen molar-refractivity contribution in [2.24, 2.45) is 4.99 Å². The van der Waals surface area contributed by atoms with Crippen LogP contribution in [0.2, 0.25) is 0 Å². The fraction of sp³-hybridized carbons (Fsp3) is 0.242. The first-order valence-corrected chi connectivity index (χ1v) is 16.1. The third-order valence-corrected chi connectivity index (χ3v) is 8.71. The molecular weight excluding hydrogens is 709 g/mol. The molecule has 4 aromatic rings. The standard InChI is InChI=1S/C33H30IN3O7S/c1-5-42-32(39)29-20(4)35-33-36(30(29)24-8-6-7-9-26(24)44-19(2)3)31(38)28(45-33)17-22-12-15-27(25(34)16-22)43-18-21-10-13-23(14-11-21)37(40)41/h6-17,19,30H,5,18H2,1-4H3/b28-17+/t30-/m1/s1. The van der Waals surface area contributed by atoms with E-state index >= 15 is 0 Å². The van der Waals surface area contributed by atoms with Gasteiger partial charge in [-0.25, -0.2) is 9.79 Å². The molecule has 0 radical (unpaired) electrons. The van der Waals surface area contributed by atoms with Gasteiger partial charge in [-0.3, -0.25) is 19.5 Å². The Balaban J connectivity index is 1.51. The van der Waals surface area contributed by atoms with E-state index in [1.54, 1.807) is 36.6 Å². The van der Waals surface area contributed by atoms with Gasteiger partial charge in [0.15, 0.2) is 4.80 Å². The normalized spacial score (nSPS) is 14.6. The number of carbonyl (C=O) groups excluding carboxylic acids is 1. The topological polar surface area (TPSA) is 122 Å². The number of allylic oxidation sites excluding steroid dienone is 1. The second kappa shape index (κ2) is 13.8. The molecule has 45 heavy (non-hydrogen) atoms. The molecule has 1 aromatic heterocycles. The van der Waals surface area contributed by atoms with E-state index in [9.17, 15) is 19.7 Å². The van der Waals surface area contributed by atoms with Crippen molar-refractivity contribution in [2.75, 3.05) is 6.61 Å². The molecule has 0 N–H and O–H groups in total. The van der Waals surface area contributed by atoms with Crippen LogP contribution in [0.1, 0.15) is 50.4 Å². The number of carbonyl (C=O) groups is 1. The Hall–Kier alpha value is -4.30. The first-order valence-electron chi connectivity index (χ1n) is 14.2. The molecule has 3 aromatic carbocycles. The van der Waals surface area contributed by atoms with Crippen LogP contribution >= 0.6 is 33.9 Å². The average molecular weight is 740 g/mol. The number of nitrogens with zero attached hydrogens (tertiary/aromatic N) is 3. The highest BCUT2D eigenvalue weighted by Crippen LogP contribution is 2.36. The zero-order valence-electron chi connectivity index (χ0n) is 25.0. The van der Waals surface area contributed by atoms with Gasteiger partial charge in [-0.05, 0) is 97.8 Å². The molecule has 0 aliphatic carbocycles. The summed E-state index contributed by atoms with van der Waals surface area (Å²) in [5.74, 6) is 0.683. The van der Waals surface area contributed by atoms with E-state index in [4.69, 9.17) is 14.2 Å². The maximum Gasteiger partial charge on any atom is 0.338 e. The highest BCUT2D eigenvalue weighted by Gasteiger charge is 2.35. The SMILES string of the molecule is CCOC(=O)C1=C(C)N=c2s/c(=C/c3ccc(OCc4ccc([N+](=O)[O-])cc4)c(I)c3)c(=O)n2[C@@H]1c1ccccc1OC(C)C. The van der Waals surface area contributed by atoms with Gasteiger partial charge in [0.05, 0.1) is 37.0 Å². The zero-order chi connectivity index (χ0) is 32.2. The summed E-state index contributed by atoms with van der Waals surface area (Å²) >= 11 is 3.42. The van der Waals surface area contributed by atoms with Crippen LogP contribution in [-0.2, 0) is 16.1 Å². The number of nitro groups is 1. The number of benzene rings is 3. The van der Waals surface area contributed by atoms with Crippen LogP contribution in [0.25, 0.3) is 6.08 Å². The predicted octanol–water partition coefficient (Wildman–Crippen LogP) is 5.68. The lowest BCUT2D eigenvalue weighted by Crippen LogP contribution is -2.40. The van der Waals surface area contributed by atoms with E-state index in [1.807, 2.05) is 56.3 Å². The first-order chi connectivity index (χ1) is 21.6. The van der Waals surface area contributed by atoms with E-state index < -0.39 is 16.9 Å². The first kappa shape index (κ1) is 32.1. The molecule has 0 amide bonds. The summed E-state index contributed by atoms with van der Waals surface area (Å²) in [4.78, 5) is 42.9. The quantitative estimate of drug-likeness (QED) is 0.0889. The minimum atomic E-state index is -0.785. The Bertz CT molecular complexity index is 1980. The smallest absolute Gasteiger partial charge is 0.338 e. The van der Waals surface area contributed by atoms with Crippen molar-refractivity contribution in [1.82, 2.24) is 4.57 Å². The number of thiazole rings is 1. The molecule has 0 saturated carbocycles. The Morgan fingerprint density at radius 2 is 1.87 bits per heavy atom. The maximum atomic E-state index is 14.0. The third-order valence-electron chi connectivity index (χ3n) is 6.89. The van der Waals surface area contributed by atoms with Crippen molar-refractivity contribution in [3.8, 4) is 11.5 Å². The lowest BCUT2D eigenvalue weighted by atomic mass is 9.95. The number of aromatic nitrogens is 1. The molecule has 0 fully saturated rings. The molecular formula is C33H30IN3O7S. The summed E-state index contributed by atoms with van der Waals surface area (Å²) in [6.07, 6.45) is 1.67. The fourth-order valence-corrected chi connectivity index (χ4v) is 6.65. The lowest BCUT2D eigenvalue weighted by molar-refractivity contribution is -0.384. The highest BCUT2D eigenvalue weighted by molar-refractivity contribution is 14.1. The van der Waals surface area contributed by atoms with Gasteiger partial charge < -0.3 is 14.2 Å². The highest BCUT2D eigenvalue weighted by atomic mass is 127. The lowest BCUT2D eigenvalue weighted by Gasteiger charge is -2.26. The van der Waals surface area contributed by atoms with E-state index in [0.717, 1.165) is 14.7 Å². The molecule has 10 nitrogen and oxygen atoms in total. The molecule has 0 spiro atoms. The molecule has 1 aliphatic rings. The van der Waals surface area contributed by atoms with Crippen molar-refractivity contribution in [3.63, 3.8) is 0 Å². The predicted molar refractivity (Wildman–Crippen MR) is 179 cm³/mol. The summed E-state index contributed by atoms with van der Waals surface area (Å²) in [6, 6.07) is 18.4. The molecule has 0 unspecified atom stereocenters. The largest absolute Gasteiger partial charge is 0.491 e. The Morgan fingerprint density at radius 1 is 1.13 bits per heavy atom. The van der Waals surface area contributed by atoms with Gasteiger partial charge >= 0.3 is 5.97 Å². The van der Waals surface area contributed by atoms with Gasteiger partial charge in [0, 0.05) is 17.7 Å². The molecule has 12 heteroatoms. The van der Waals surface area contributed by atoms with E-state index in [1.165, 1.54) is 23.5 Å². The number of esters is 1. The minimum absolute atomic E-state index is 0.0228. The van der Waals surface area contributed by atoms with Crippen LogP contribution in [-0.4, -0.2) is 28.2 Å². The number of rotatable bonds is 10. The molecule has 0 saturated heterocycles. The number of ether oxygens (including phenoxy) is 3. The van der Waals surface area contributed by atoms with Crippen LogP contribution in [0.4, 0.5) is 5.69 Å². The molecule has 1 aliphatic heterocycles. The third kappa shape index (κ3) is 7.01. The van der Waals surface area contributed by atoms with Crippen molar-refractivity contribution < 1.29 is 23.9 Å². The summed E-state index contributed by atoms with van der Waals surface area (Å²) in [6.45, 7) is 7.76. The number of hydrogen-bond donors (Lipinski definition) is 0. The van der Waals surface area contributed by atoms with Crippen LogP contribution < -0.4 is 24.4 Å². The molecule has 1 atom stereocenters. The summed E-state index contributed by atoms with van der Waals surface area (Å²) in [5, 5.41) is 10.9. The number of para-hydroxylation sites is 1. The van der Waals surface area contributed by atoms with Crippen molar-refractivity contribution >= 4 is 51.7 Å². The van der Waals surface area contributed by atoms with Gasteiger partial charge in [0.1, 0.15) is 24.1 Å². The van der Waals surface area contributed by atoms with Gasteiger partial charge in [0.25, 0.3) is 11.2 Å². The number of halogens is 1. The van der Waals surface area contributed by atoms with Gasteiger partial charge in [-0.1, -0.05) is 35.6 Å². The van der Waals surface area contributed by atoms with Crippen molar-refractivity contribution in [2.45, 2.75) is 46.4 Å². The van der Waals surface area contributed by atoms with Crippen LogP contribution in [0, 0.1) is 13.7 Å². The van der Waals surface area contributed by atoms with Crippen molar-refractivity contribution in [3.05, 3.63) is 128 Å². The monoisotopic (exact) mass is 739 g/mol. The second-order valence-corrected chi connectivity index (χ2v) is 12.6. The summed E-state index contributed by atoms with van der Waals surface area (Å²) < 4.78 is 20.3. The molecule has 232 valence electrons. The summed E-state index contributed by atoms with van der Waals surface area (Å²) in [5.41, 5.74) is 2.76. The summed E-state index contributed by atoms with van der Waals surface area (Å²) in [7, 11) is 0. The van der Waals surface area contributed by atoms with Gasteiger partial charge in [0.2, 0.25) is 0 Å². The number of nitro benzene ring substituents is 1. The van der Waals surface area contributed by atoms with E-state index in [2.05, 4.69) is 27.6 Å². The number of hydrogen-bond acceptors (Lipinski definition) is 9. The Labute approximate surface area is 276 Å². The van der Waals surface area contributed by atoms with E-state index in [-0.39, 0.29) is 30.6 Å². The fourth-order valence-electron chi connectivity index (χ4n) is 4.90. The van der Waals surface area contributed by atoms with Gasteiger partial charge in [-0.15, -0.1) is 0 Å². The van der Waals surface area contributed by atoms with E-state index in [0.29, 0.717) is 37.7 Å².